The van der Waals surface area contributed by atoms with Gasteiger partial charge in [-0.05, 0) is 55.2 Å². The zero-order chi connectivity index (χ0) is 20.7. The number of unbranched alkanes of at least 4 members (excludes halogenated alkanes) is 6. The van der Waals surface area contributed by atoms with Gasteiger partial charge in [0.2, 0.25) is 0 Å². The standard InChI is InChI=1S/C23H36ClN3OS/c1-2-3-4-5-6-7-11-16-28-22-15-14-19(17-21(22)24)18-25-27-23(29)26-20-12-9-8-10-13-20/h14-15,17-18,20H,2-13,16H2,1H3,(H2,26,27,29)/b25-18-. The highest BCUT2D eigenvalue weighted by Gasteiger charge is 2.13. The molecule has 0 saturated heterocycles. The van der Waals surface area contributed by atoms with Crippen LogP contribution in [0, 0.1) is 0 Å². The lowest BCUT2D eigenvalue weighted by molar-refractivity contribution is 0.304. The number of nitrogens with zero attached hydrogens (tertiary/aromatic N) is 1. The Bertz CT molecular complexity index is 633. The predicted octanol–water partition coefficient (Wildman–Crippen LogP) is 6.60. The van der Waals surface area contributed by atoms with Crippen LogP contribution in [0.1, 0.15) is 89.5 Å². The fourth-order valence-electron chi connectivity index (χ4n) is 3.59. The Kier molecular flexibility index (Phi) is 12.1. The van der Waals surface area contributed by atoms with Gasteiger partial charge in [0.25, 0.3) is 0 Å². The van der Waals surface area contributed by atoms with Crippen molar-refractivity contribution >= 4 is 35.1 Å². The third kappa shape index (κ3) is 10.3. The van der Waals surface area contributed by atoms with Crippen molar-refractivity contribution in [2.75, 3.05) is 6.61 Å². The zero-order valence-corrected chi connectivity index (χ0v) is 19.3. The number of hydrazone groups is 1. The molecule has 0 aliphatic heterocycles. The quantitative estimate of drug-likeness (QED) is 0.167. The minimum atomic E-state index is 0.473. The van der Waals surface area contributed by atoms with E-state index in [4.69, 9.17) is 28.6 Å². The van der Waals surface area contributed by atoms with E-state index in [0.717, 1.165) is 17.7 Å². The van der Waals surface area contributed by atoms with E-state index in [1.54, 1.807) is 6.21 Å². The maximum absolute atomic E-state index is 6.35. The molecule has 1 aliphatic rings. The first-order valence-electron chi connectivity index (χ1n) is 11.2. The van der Waals surface area contributed by atoms with Crippen molar-refractivity contribution in [3.63, 3.8) is 0 Å². The summed E-state index contributed by atoms with van der Waals surface area (Å²) in [5, 5.41) is 8.74. The Morgan fingerprint density at radius 3 is 2.59 bits per heavy atom. The van der Waals surface area contributed by atoms with Crippen molar-refractivity contribution in [1.82, 2.24) is 10.7 Å². The molecule has 0 aromatic heterocycles. The molecular formula is C23H36ClN3OS. The fourth-order valence-corrected chi connectivity index (χ4v) is 4.05. The molecule has 2 N–H and O–H groups in total. The van der Waals surface area contributed by atoms with Gasteiger partial charge in [0.05, 0.1) is 17.8 Å². The first kappa shape index (κ1) is 23.9. The van der Waals surface area contributed by atoms with Gasteiger partial charge in [0.15, 0.2) is 5.11 Å². The van der Waals surface area contributed by atoms with Gasteiger partial charge >= 0.3 is 0 Å². The first-order valence-corrected chi connectivity index (χ1v) is 12.0. The predicted molar refractivity (Wildman–Crippen MR) is 128 cm³/mol. The van der Waals surface area contributed by atoms with Crippen molar-refractivity contribution in [1.29, 1.82) is 0 Å². The molecule has 1 aliphatic carbocycles. The molecular weight excluding hydrogens is 402 g/mol. The van der Waals surface area contributed by atoms with Gasteiger partial charge < -0.3 is 10.1 Å². The Hall–Kier alpha value is -1.33. The monoisotopic (exact) mass is 437 g/mol. The molecule has 0 spiro atoms. The smallest absolute Gasteiger partial charge is 0.187 e. The molecule has 0 unspecified atom stereocenters. The molecule has 29 heavy (non-hydrogen) atoms. The van der Waals surface area contributed by atoms with Crippen LogP contribution in [0.25, 0.3) is 0 Å². The molecule has 162 valence electrons. The number of ether oxygens (including phenoxy) is 1. The molecule has 6 heteroatoms. The van der Waals surface area contributed by atoms with Crippen LogP contribution >= 0.6 is 23.8 Å². The van der Waals surface area contributed by atoms with Crippen LogP contribution in [-0.2, 0) is 0 Å². The third-order valence-corrected chi connectivity index (χ3v) is 5.79. The summed E-state index contributed by atoms with van der Waals surface area (Å²) in [5.74, 6) is 0.734. The molecule has 0 atom stereocenters. The zero-order valence-electron chi connectivity index (χ0n) is 17.7. The van der Waals surface area contributed by atoms with Crippen LogP contribution in [0.15, 0.2) is 23.3 Å². The molecule has 1 fully saturated rings. The Labute approximate surface area is 186 Å². The van der Waals surface area contributed by atoms with Gasteiger partial charge in [-0.25, -0.2) is 0 Å². The second-order valence-corrected chi connectivity index (χ2v) is 8.65. The molecule has 0 amide bonds. The van der Waals surface area contributed by atoms with Crippen LogP contribution in [0.4, 0.5) is 0 Å². The van der Waals surface area contributed by atoms with Gasteiger partial charge in [-0.1, -0.05) is 76.3 Å². The van der Waals surface area contributed by atoms with Crippen LogP contribution in [0.3, 0.4) is 0 Å². The highest BCUT2D eigenvalue weighted by Crippen LogP contribution is 2.25. The summed E-state index contributed by atoms with van der Waals surface area (Å²) in [6.07, 6.45) is 16.9. The van der Waals surface area contributed by atoms with Gasteiger partial charge in [-0.2, -0.15) is 5.10 Å². The maximum atomic E-state index is 6.35. The van der Waals surface area contributed by atoms with Crippen molar-refractivity contribution in [3.8, 4) is 5.75 Å². The van der Waals surface area contributed by atoms with E-state index >= 15 is 0 Å². The van der Waals surface area contributed by atoms with Crippen LogP contribution in [-0.4, -0.2) is 24.0 Å². The maximum Gasteiger partial charge on any atom is 0.187 e. The lowest BCUT2D eigenvalue weighted by Gasteiger charge is -2.23. The molecule has 1 aromatic carbocycles. The van der Waals surface area contributed by atoms with Gasteiger partial charge in [0, 0.05) is 6.04 Å². The molecule has 2 rings (SSSR count). The highest BCUT2D eigenvalue weighted by molar-refractivity contribution is 7.80. The van der Waals surface area contributed by atoms with E-state index in [1.165, 1.54) is 70.6 Å². The van der Waals surface area contributed by atoms with E-state index < -0.39 is 0 Å². The number of thiocarbonyl (C=S) groups is 1. The number of rotatable bonds is 12. The summed E-state index contributed by atoms with van der Waals surface area (Å²) >= 11 is 11.7. The number of nitrogens with one attached hydrogen (secondary N) is 2. The SMILES string of the molecule is CCCCCCCCCOc1ccc(/C=N\NC(=S)NC2CCCCC2)cc1Cl. The topological polar surface area (TPSA) is 45.6 Å². The highest BCUT2D eigenvalue weighted by atomic mass is 35.5. The van der Waals surface area contributed by atoms with E-state index in [-0.39, 0.29) is 0 Å². The summed E-state index contributed by atoms with van der Waals surface area (Å²) in [5.41, 5.74) is 3.80. The van der Waals surface area contributed by atoms with E-state index in [2.05, 4.69) is 22.8 Å². The average Bonchev–Trinajstić information content (AvgIpc) is 2.72. The minimum absolute atomic E-state index is 0.473. The van der Waals surface area contributed by atoms with Gasteiger partial charge in [-0.15, -0.1) is 0 Å². The van der Waals surface area contributed by atoms with Crippen molar-refractivity contribution in [2.45, 2.75) is 90.0 Å². The summed E-state index contributed by atoms with van der Waals surface area (Å²) in [4.78, 5) is 0. The average molecular weight is 438 g/mol. The summed E-state index contributed by atoms with van der Waals surface area (Å²) in [6.45, 7) is 2.96. The van der Waals surface area contributed by atoms with Crippen LogP contribution < -0.4 is 15.5 Å². The number of hydrogen-bond donors (Lipinski definition) is 2. The van der Waals surface area contributed by atoms with E-state index in [9.17, 15) is 0 Å². The molecule has 4 nitrogen and oxygen atoms in total. The number of halogens is 1. The Morgan fingerprint density at radius 1 is 1.14 bits per heavy atom. The molecule has 0 heterocycles. The van der Waals surface area contributed by atoms with Gasteiger partial charge in [-0.3, -0.25) is 5.43 Å². The fraction of sp³-hybridized carbons (Fsp3) is 0.652. The molecule has 0 bridgehead atoms. The normalized spacial score (nSPS) is 14.8. The molecule has 1 saturated carbocycles. The van der Waals surface area contributed by atoms with Crippen LogP contribution in [0.2, 0.25) is 5.02 Å². The van der Waals surface area contributed by atoms with Crippen molar-refractivity contribution in [3.05, 3.63) is 28.8 Å². The minimum Gasteiger partial charge on any atom is -0.492 e. The van der Waals surface area contributed by atoms with Crippen molar-refractivity contribution < 1.29 is 4.74 Å². The summed E-state index contributed by atoms with van der Waals surface area (Å²) < 4.78 is 5.82. The molecule has 0 radical (unpaired) electrons. The summed E-state index contributed by atoms with van der Waals surface area (Å²) in [6, 6.07) is 6.20. The van der Waals surface area contributed by atoms with E-state index in [0.29, 0.717) is 22.8 Å². The first-order chi connectivity index (χ1) is 14.2. The third-order valence-electron chi connectivity index (χ3n) is 5.28. The number of hydrogen-bond acceptors (Lipinski definition) is 3. The van der Waals surface area contributed by atoms with Crippen LogP contribution in [0.5, 0.6) is 5.75 Å². The lowest BCUT2D eigenvalue weighted by atomic mass is 9.96. The van der Waals surface area contributed by atoms with Crippen molar-refractivity contribution in [2.24, 2.45) is 5.10 Å². The largest absolute Gasteiger partial charge is 0.492 e. The Morgan fingerprint density at radius 2 is 1.86 bits per heavy atom. The number of benzene rings is 1. The second kappa shape index (κ2) is 14.6. The summed E-state index contributed by atoms with van der Waals surface area (Å²) in [7, 11) is 0. The molecule has 1 aromatic rings. The lowest BCUT2D eigenvalue weighted by Crippen LogP contribution is -2.40. The Balaban J connectivity index is 1.64. The second-order valence-electron chi connectivity index (χ2n) is 7.84. The van der Waals surface area contributed by atoms with Gasteiger partial charge in [0.1, 0.15) is 5.75 Å². The van der Waals surface area contributed by atoms with E-state index in [1.807, 2.05) is 18.2 Å².